The predicted octanol–water partition coefficient (Wildman–Crippen LogP) is 3.42. The van der Waals surface area contributed by atoms with Gasteiger partial charge in [-0.25, -0.2) is 8.42 Å². The van der Waals surface area contributed by atoms with Crippen molar-refractivity contribution in [2.24, 2.45) is 0 Å². The van der Waals surface area contributed by atoms with E-state index in [1.165, 1.54) is 0 Å². The van der Waals surface area contributed by atoms with Crippen LogP contribution in [-0.2, 0) is 9.84 Å². The van der Waals surface area contributed by atoms with Gasteiger partial charge in [0.05, 0.1) is 16.3 Å². The topological polar surface area (TPSA) is 46.2 Å². The largest absolute Gasteiger partial charge is 0.384 e. The molecule has 3 nitrogen and oxygen atoms in total. The molecule has 1 aromatic rings. The quantitative estimate of drug-likeness (QED) is 0.799. The number of thioether (sulfide) groups is 1. The summed E-state index contributed by atoms with van der Waals surface area (Å²) in [5, 5.41) is 3.83. The van der Waals surface area contributed by atoms with Crippen LogP contribution in [0.2, 0.25) is 0 Å². The van der Waals surface area contributed by atoms with E-state index in [-0.39, 0.29) is 5.75 Å². The summed E-state index contributed by atoms with van der Waals surface area (Å²) >= 11 is 1.82. The molecule has 0 radical (unpaired) electrons. The van der Waals surface area contributed by atoms with Crippen molar-refractivity contribution in [2.75, 3.05) is 23.9 Å². The van der Waals surface area contributed by atoms with E-state index >= 15 is 0 Å². The van der Waals surface area contributed by atoms with Gasteiger partial charge in [0.15, 0.2) is 9.84 Å². The Hall–Kier alpha value is -0.680. The number of benzene rings is 1. The summed E-state index contributed by atoms with van der Waals surface area (Å²) in [6.07, 6.45) is 3.74. The van der Waals surface area contributed by atoms with Crippen molar-refractivity contribution in [1.82, 2.24) is 0 Å². The first kappa shape index (κ1) is 16.4. The highest BCUT2D eigenvalue weighted by molar-refractivity contribution is 7.99. The van der Waals surface area contributed by atoms with Crippen LogP contribution in [0.25, 0.3) is 0 Å². The summed E-state index contributed by atoms with van der Waals surface area (Å²) in [6, 6.07) is 7.17. The Bertz CT molecular complexity index is 486. The van der Waals surface area contributed by atoms with Gasteiger partial charge in [-0.1, -0.05) is 26.0 Å². The predicted molar refractivity (Wildman–Crippen MR) is 84.9 cm³/mol. The molecule has 0 heterocycles. The molecule has 5 heteroatoms. The van der Waals surface area contributed by atoms with Gasteiger partial charge in [0.1, 0.15) is 0 Å². The van der Waals surface area contributed by atoms with Crippen molar-refractivity contribution in [3.05, 3.63) is 24.3 Å². The summed E-state index contributed by atoms with van der Waals surface area (Å²) in [5.74, 6) is 0.201. The summed E-state index contributed by atoms with van der Waals surface area (Å²) in [4.78, 5) is 0.425. The molecule has 0 amide bonds. The lowest BCUT2D eigenvalue weighted by molar-refractivity contribution is 0.595. The number of sulfone groups is 1. The molecule has 19 heavy (non-hydrogen) atoms. The van der Waals surface area contributed by atoms with Crippen LogP contribution in [0.3, 0.4) is 0 Å². The van der Waals surface area contributed by atoms with Crippen LogP contribution in [0, 0.1) is 0 Å². The summed E-state index contributed by atoms with van der Waals surface area (Å²) in [5.41, 5.74) is 0.726. The van der Waals surface area contributed by atoms with Crippen molar-refractivity contribution in [1.29, 1.82) is 0 Å². The molecule has 1 unspecified atom stereocenters. The average Bonchev–Trinajstić information content (AvgIpc) is 2.39. The highest BCUT2D eigenvalue weighted by Crippen LogP contribution is 2.23. The van der Waals surface area contributed by atoms with Crippen molar-refractivity contribution >= 4 is 27.3 Å². The van der Waals surface area contributed by atoms with Crippen LogP contribution >= 0.6 is 11.8 Å². The molecule has 1 rings (SSSR count). The molecule has 1 atom stereocenters. The Kier molecular flexibility index (Phi) is 6.72. The van der Waals surface area contributed by atoms with E-state index in [1.54, 1.807) is 12.1 Å². The van der Waals surface area contributed by atoms with Crippen LogP contribution in [0.15, 0.2) is 29.2 Å². The first-order valence-electron chi connectivity index (χ1n) is 6.59. The molecule has 1 aromatic carbocycles. The Morgan fingerprint density at radius 2 is 2.00 bits per heavy atom. The van der Waals surface area contributed by atoms with E-state index in [1.807, 2.05) is 30.8 Å². The summed E-state index contributed by atoms with van der Waals surface area (Å²) in [7, 11) is -3.16. The fraction of sp³-hybridized carbons (Fsp3) is 0.571. The molecule has 0 aliphatic rings. The highest BCUT2D eigenvalue weighted by atomic mass is 32.2. The Morgan fingerprint density at radius 3 is 2.63 bits per heavy atom. The maximum atomic E-state index is 12.2. The SMILES string of the molecule is CCCS(=O)(=O)c1ccccc1NCCC(C)SC. The molecule has 0 saturated heterocycles. The van der Waals surface area contributed by atoms with Crippen LogP contribution in [0.1, 0.15) is 26.7 Å². The third-order valence-corrected chi connectivity index (χ3v) is 5.98. The Balaban J connectivity index is 2.79. The smallest absolute Gasteiger partial charge is 0.180 e. The number of rotatable bonds is 8. The zero-order valence-electron chi connectivity index (χ0n) is 11.8. The van der Waals surface area contributed by atoms with E-state index in [9.17, 15) is 8.42 Å². The van der Waals surface area contributed by atoms with Crippen molar-refractivity contribution in [2.45, 2.75) is 36.8 Å². The number of hydrogen-bond donors (Lipinski definition) is 1. The maximum Gasteiger partial charge on any atom is 0.180 e. The molecule has 1 N–H and O–H groups in total. The molecule has 0 saturated carbocycles. The second kappa shape index (κ2) is 7.80. The van der Waals surface area contributed by atoms with Crippen LogP contribution in [-0.4, -0.2) is 32.2 Å². The lowest BCUT2D eigenvalue weighted by Gasteiger charge is -2.13. The fourth-order valence-electron chi connectivity index (χ4n) is 1.79. The number of anilines is 1. The van der Waals surface area contributed by atoms with Crippen LogP contribution in [0.5, 0.6) is 0 Å². The standard InChI is InChI=1S/C14H23NO2S2/c1-4-11-19(16,17)14-8-6-5-7-13(14)15-10-9-12(2)18-3/h5-8,12,15H,4,9-11H2,1-3H3. The molecule has 0 spiro atoms. The number of para-hydroxylation sites is 1. The molecule has 0 fully saturated rings. The minimum absolute atomic E-state index is 0.201. The van der Waals surface area contributed by atoms with Gasteiger partial charge in [-0.2, -0.15) is 11.8 Å². The number of hydrogen-bond acceptors (Lipinski definition) is 4. The zero-order chi connectivity index (χ0) is 14.3. The van der Waals surface area contributed by atoms with Crippen molar-refractivity contribution in [3.8, 4) is 0 Å². The summed E-state index contributed by atoms with van der Waals surface area (Å²) in [6.45, 7) is 4.85. The van der Waals surface area contributed by atoms with Crippen molar-refractivity contribution in [3.63, 3.8) is 0 Å². The highest BCUT2D eigenvalue weighted by Gasteiger charge is 2.17. The number of nitrogens with one attached hydrogen (secondary N) is 1. The van der Waals surface area contributed by atoms with Gasteiger partial charge in [-0.15, -0.1) is 0 Å². The molecule has 0 aliphatic heterocycles. The first-order chi connectivity index (χ1) is 9.01. The van der Waals surface area contributed by atoms with E-state index < -0.39 is 9.84 Å². The second-order valence-electron chi connectivity index (χ2n) is 4.58. The van der Waals surface area contributed by atoms with Gasteiger partial charge < -0.3 is 5.32 Å². The lowest BCUT2D eigenvalue weighted by Crippen LogP contribution is -2.12. The zero-order valence-corrected chi connectivity index (χ0v) is 13.5. The van der Waals surface area contributed by atoms with E-state index in [2.05, 4.69) is 18.5 Å². The van der Waals surface area contributed by atoms with E-state index in [4.69, 9.17) is 0 Å². The second-order valence-corrected chi connectivity index (χ2v) is 7.93. The van der Waals surface area contributed by atoms with Gasteiger partial charge in [0.2, 0.25) is 0 Å². The van der Waals surface area contributed by atoms with Gasteiger partial charge in [0.25, 0.3) is 0 Å². The van der Waals surface area contributed by atoms with Gasteiger partial charge in [0, 0.05) is 11.8 Å². The average molecular weight is 301 g/mol. The summed E-state index contributed by atoms with van der Waals surface area (Å²) < 4.78 is 24.3. The lowest BCUT2D eigenvalue weighted by atomic mass is 10.3. The molecule has 0 aliphatic carbocycles. The van der Waals surface area contributed by atoms with Crippen LogP contribution in [0.4, 0.5) is 5.69 Å². The van der Waals surface area contributed by atoms with E-state index in [0.717, 1.165) is 18.7 Å². The molecular formula is C14H23NO2S2. The van der Waals surface area contributed by atoms with Crippen LogP contribution < -0.4 is 5.32 Å². The Morgan fingerprint density at radius 1 is 1.32 bits per heavy atom. The molecule has 0 aromatic heterocycles. The van der Waals surface area contributed by atoms with Gasteiger partial charge in [-0.3, -0.25) is 0 Å². The van der Waals surface area contributed by atoms with E-state index in [0.29, 0.717) is 16.6 Å². The molecule has 0 bridgehead atoms. The minimum atomic E-state index is -3.16. The van der Waals surface area contributed by atoms with Gasteiger partial charge >= 0.3 is 0 Å². The third kappa shape index (κ3) is 5.07. The molecular weight excluding hydrogens is 278 g/mol. The normalized spacial score (nSPS) is 13.2. The fourth-order valence-corrected chi connectivity index (χ4v) is 3.66. The maximum absolute atomic E-state index is 12.2. The monoisotopic (exact) mass is 301 g/mol. The third-order valence-electron chi connectivity index (χ3n) is 2.96. The van der Waals surface area contributed by atoms with Crippen molar-refractivity contribution < 1.29 is 8.42 Å². The molecule has 108 valence electrons. The first-order valence-corrected chi connectivity index (χ1v) is 9.53. The minimum Gasteiger partial charge on any atom is -0.384 e. The Labute approximate surface area is 121 Å². The van der Waals surface area contributed by atoms with Gasteiger partial charge in [-0.05, 0) is 31.2 Å².